The summed E-state index contributed by atoms with van der Waals surface area (Å²) < 4.78 is 0. The molecule has 2 aliphatic rings. The predicted octanol–water partition coefficient (Wildman–Crippen LogP) is 1.39. The zero-order valence-electron chi connectivity index (χ0n) is 12.3. The number of amides is 1. The topological polar surface area (TPSA) is 52.6 Å². The average molecular weight is 268 g/mol. The molecular weight excluding hydrogens is 240 g/mol. The lowest BCUT2D eigenvalue weighted by molar-refractivity contribution is -0.133. The van der Waals surface area contributed by atoms with Gasteiger partial charge in [-0.25, -0.2) is 0 Å². The lowest BCUT2D eigenvalue weighted by Crippen LogP contribution is -2.39. The Hall–Kier alpha value is -0.610. The third-order valence-electron chi connectivity index (χ3n) is 4.41. The van der Waals surface area contributed by atoms with Crippen molar-refractivity contribution >= 4 is 5.91 Å². The molecule has 0 radical (unpaired) electrons. The predicted molar refractivity (Wildman–Crippen MR) is 75.8 cm³/mol. The van der Waals surface area contributed by atoms with E-state index in [0.717, 1.165) is 45.3 Å². The minimum absolute atomic E-state index is 0.0275. The molecule has 2 fully saturated rings. The zero-order valence-corrected chi connectivity index (χ0v) is 12.3. The van der Waals surface area contributed by atoms with Crippen molar-refractivity contribution in [1.82, 2.24) is 10.2 Å². The fraction of sp³-hybridized carbons (Fsp3) is 0.933. The second-order valence-corrected chi connectivity index (χ2v) is 7.02. The molecule has 0 spiro atoms. The number of aliphatic hydroxyl groups is 1. The fourth-order valence-corrected chi connectivity index (χ4v) is 3.38. The summed E-state index contributed by atoms with van der Waals surface area (Å²) in [5.41, 5.74) is 0.0275. The Balaban J connectivity index is 1.90. The molecule has 1 unspecified atom stereocenters. The Kier molecular flexibility index (Phi) is 4.85. The summed E-state index contributed by atoms with van der Waals surface area (Å²) in [5, 5.41) is 13.2. The number of rotatable bonds is 2. The Morgan fingerprint density at radius 3 is 2.68 bits per heavy atom. The number of hydrogen-bond donors (Lipinski definition) is 2. The molecule has 4 nitrogen and oxygen atoms in total. The van der Waals surface area contributed by atoms with Gasteiger partial charge in [-0.1, -0.05) is 13.8 Å². The highest BCUT2D eigenvalue weighted by atomic mass is 16.3. The van der Waals surface area contributed by atoms with Gasteiger partial charge in [-0.05, 0) is 50.1 Å². The molecule has 4 heteroatoms. The standard InChI is InChI=1S/C15H28N2O2/c1-15(2)10-13(18)5-8-17(11-15)14(19)9-12-3-6-16-7-4-12/h12-13,16,18H,3-11H2,1-2H3. The molecule has 2 rings (SSSR count). The quantitative estimate of drug-likeness (QED) is 0.795. The van der Waals surface area contributed by atoms with Crippen LogP contribution in [0.15, 0.2) is 0 Å². The van der Waals surface area contributed by atoms with Gasteiger partial charge in [0.15, 0.2) is 0 Å². The molecule has 110 valence electrons. The van der Waals surface area contributed by atoms with E-state index in [1.807, 2.05) is 4.90 Å². The Bertz CT molecular complexity index is 311. The van der Waals surface area contributed by atoms with Gasteiger partial charge >= 0.3 is 0 Å². The number of carbonyl (C=O) groups excluding carboxylic acids is 1. The Labute approximate surface area is 116 Å². The van der Waals surface area contributed by atoms with Crippen LogP contribution in [0, 0.1) is 11.3 Å². The van der Waals surface area contributed by atoms with E-state index < -0.39 is 0 Å². The van der Waals surface area contributed by atoms with Gasteiger partial charge < -0.3 is 15.3 Å². The molecule has 1 atom stereocenters. The summed E-state index contributed by atoms with van der Waals surface area (Å²) in [6, 6.07) is 0. The number of nitrogens with one attached hydrogen (secondary N) is 1. The molecule has 0 saturated carbocycles. The number of nitrogens with zero attached hydrogens (tertiary/aromatic N) is 1. The van der Waals surface area contributed by atoms with E-state index in [2.05, 4.69) is 19.2 Å². The number of aliphatic hydroxyl groups excluding tert-OH is 1. The lowest BCUT2D eigenvalue weighted by Gasteiger charge is -2.31. The van der Waals surface area contributed by atoms with E-state index in [1.165, 1.54) is 0 Å². The van der Waals surface area contributed by atoms with Crippen molar-refractivity contribution in [1.29, 1.82) is 0 Å². The molecule has 0 bridgehead atoms. The van der Waals surface area contributed by atoms with Gasteiger partial charge in [0.05, 0.1) is 6.10 Å². The first-order valence-electron chi connectivity index (χ1n) is 7.63. The van der Waals surface area contributed by atoms with E-state index in [0.29, 0.717) is 18.9 Å². The van der Waals surface area contributed by atoms with E-state index in [4.69, 9.17) is 0 Å². The molecular formula is C15H28N2O2. The summed E-state index contributed by atoms with van der Waals surface area (Å²) in [4.78, 5) is 14.4. The van der Waals surface area contributed by atoms with Crippen LogP contribution in [0.25, 0.3) is 0 Å². The Morgan fingerprint density at radius 1 is 1.32 bits per heavy atom. The van der Waals surface area contributed by atoms with E-state index in [-0.39, 0.29) is 17.4 Å². The van der Waals surface area contributed by atoms with Gasteiger partial charge in [-0.15, -0.1) is 0 Å². The van der Waals surface area contributed by atoms with Crippen LogP contribution < -0.4 is 5.32 Å². The van der Waals surface area contributed by atoms with Gasteiger partial charge in [0.1, 0.15) is 0 Å². The maximum absolute atomic E-state index is 12.4. The monoisotopic (exact) mass is 268 g/mol. The summed E-state index contributed by atoms with van der Waals surface area (Å²) in [7, 11) is 0. The van der Waals surface area contributed by atoms with Gasteiger partial charge in [-0.2, -0.15) is 0 Å². The van der Waals surface area contributed by atoms with E-state index in [1.54, 1.807) is 0 Å². The molecule has 2 N–H and O–H groups in total. The SMILES string of the molecule is CC1(C)CC(O)CCN(C(=O)CC2CCNCC2)C1. The maximum atomic E-state index is 12.4. The summed E-state index contributed by atoms with van der Waals surface area (Å²) in [5.74, 6) is 0.833. The smallest absolute Gasteiger partial charge is 0.222 e. The summed E-state index contributed by atoms with van der Waals surface area (Å²) in [6.45, 7) is 7.88. The van der Waals surface area contributed by atoms with Crippen LogP contribution in [0.1, 0.15) is 46.0 Å². The summed E-state index contributed by atoms with van der Waals surface area (Å²) >= 11 is 0. The van der Waals surface area contributed by atoms with Crippen LogP contribution in [0.3, 0.4) is 0 Å². The highest BCUT2D eigenvalue weighted by Gasteiger charge is 2.31. The van der Waals surface area contributed by atoms with Crippen LogP contribution >= 0.6 is 0 Å². The van der Waals surface area contributed by atoms with Crippen molar-refractivity contribution in [3.63, 3.8) is 0 Å². The molecule has 19 heavy (non-hydrogen) atoms. The average Bonchev–Trinajstić information content (AvgIpc) is 2.48. The molecule has 0 aliphatic carbocycles. The Morgan fingerprint density at radius 2 is 2.00 bits per heavy atom. The van der Waals surface area contributed by atoms with Gasteiger partial charge in [-0.3, -0.25) is 4.79 Å². The highest BCUT2D eigenvalue weighted by Crippen LogP contribution is 2.29. The number of piperidine rings is 1. The van der Waals surface area contributed by atoms with Crippen LogP contribution in [-0.2, 0) is 4.79 Å². The molecule has 2 saturated heterocycles. The lowest BCUT2D eigenvalue weighted by atomic mass is 9.86. The van der Waals surface area contributed by atoms with Gasteiger partial charge in [0.25, 0.3) is 0 Å². The first kappa shape index (κ1) is 14.8. The molecule has 0 aromatic heterocycles. The van der Waals surface area contributed by atoms with E-state index >= 15 is 0 Å². The minimum atomic E-state index is -0.258. The minimum Gasteiger partial charge on any atom is -0.393 e. The highest BCUT2D eigenvalue weighted by molar-refractivity contribution is 5.76. The third kappa shape index (κ3) is 4.46. The van der Waals surface area contributed by atoms with Crippen molar-refractivity contribution in [2.24, 2.45) is 11.3 Å². The molecule has 2 aliphatic heterocycles. The molecule has 2 heterocycles. The third-order valence-corrected chi connectivity index (χ3v) is 4.41. The van der Waals surface area contributed by atoms with Crippen LogP contribution in [-0.4, -0.2) is 48.2 Å². The number of hydrogen-bond acceptors (Lipinski definition) is 3. The normalized spacial score (nSPS) is 29.0. The van der Waals surface area contributed by atoms with Crippen molar-refractivity contribution in [2.75, 3.05) is 26.2 Å². The molecule has 1 amide bonds. The largest absolute Gasteiger partial charge is 0.393 e. The van der Waals surface area contributed by atoms with Crippen molar-refractivity contribution in [2.45, 2.75) is 52.1 Å². The van der Waals surface area contributed by atoms with Crippen LogP contribution in [0.5, 0.6) is 0 Å². The second-order valence-electron chi connectivity index (χ2n) is 7.02. The first-order valence-corrected chi connectivity index (χ1v) is 7.63. The van der Waals surface area contributed by atoms with Crippen molar-refractivity contribution in [3.05, 3.63) is 0 Å². The molecule has 0 aromatic carbocycles. The van der Waals surface area contributed by atoms with Crippen molar-refractivity contribution in [3.8, 4) is 0 Å². The van der Waals surface area contributed by atoms with Crippen LogP contribution in [0.2, 0.25) is 0 Å². The van der Waals surface area contributed by atoms with E-state index in [9.17, 15) is 9.90 Å². The van der Waals surface area contributed by atoms with Crippen LogP contribution in [0.4, 0.5) is 0 Å². The van der Waals surface area contributed by atoms with Gasteiger partial charge in [0.2, 0.25) is 5.91 Å². The number of likely N-dealkylation sites (tertiary alicyclic amines) is 1. The number of carbonyl (C=O) groups is 1. The maximum Gasteiger partial charge on any atom is 0.222 e. The fourth-order valence-electron chi connectivity index (χ4n) is 3.38. The zero-order chi connectivity index (χ0) is 13.9. The first-order chi connectivity index (χ1) is 8.96. The second kappa shape index (κ2) is 6.23. The van der Waals surface area contributed by atoms with Crippen molar-refractivity contribution < 1.29 is 9.90 Å². The van der Waals surface area contributed by atoms with Gasteiger partial charge in [0, 0.05) is 19.5 Å². The molecule has 0 aromatic rings. The summed E-state index contributed by atoms with van der Waals surface area (Å²) in [6.07, 6.45) is 4.18.